The van der Waals surface area contributed by atoms with Gasteiger partial charge < -0.3 is 10.1 Å². The molecule has 0 bridgehead atoms. The van der Waals surface area contributed by atoms with E-state index in [1.54, 1.807) is 11.8 Å². The first-order valence-corrected chi connectivity index (χ1v) is 8.94. The molecule has 2 heterocycles. The Labute approximate surface area is 154 Å². The van der Waals surface area contributed by atoms with Gasteiger partial charge in [-0.05, 0) is 23.6 Å². The number of ether oxygens (including phenoxy) is 1. The van der Waals surface area contributed by atoms with Crippen LogP contribution in [-0.4, -0.2) is 27.7 Å². The number of allylic oxidation sites excluding steroid dienone is 2. The highest BCUT2D eigenvalue weighted by Gasteiger charge is 2.45. The lowest BCUT2D eigenvalue weighted by Gasteiger charge is -2.40. The molecule has 2 aromatic rings. The monoisotopic (exact) mass is 402 g/mol. The first kappa shape index (κ1) is 16.3. The SMILES string of the molecule is COc1ccc(Br)cc1[C@@H]1[C@H]2C(=O)CC(C)(C)C=C2Nc2ncnn21. The minimum Gasteiger partial charge on any atom is -0.496 e. The van der Waals surface area contributed by atoms with Crippen molar-refractivity contribution in [1.29, 1.82) is 0 Å². The summed E-state index contributed by atoms with van der Waals surface area (Å²) in [6.45, 7) is 4.15. The zero-order chi connectivity index (χ0) is 17.8. The summed E-state index contributed by atoms with van der Waals surface area (Å²) in [4.78, 5) is 17.4. The molecule has 1 aliphatic heterocycles. The van der Waals surface area contributed by atoms with Crippen molar-refractivity contribution in [3.63, 3.8) is 0 Å². The largest absolute Gasteiger partial charge is 0.496 e. The fourth-order valence-corrected chi connectivity index (χ4v) is 4.19. The van der Waals surface area contributed by atoms with Crippen molar-refractivity contribution in [2.24, 2.45) is 11.3 Å². The molecule has 4 rings (SSSR count). The lowest BCUT2D eigenvalue weighted by atomic mass is 9.72. The Morgan fingerprint density at radius 2 is 2.20 bits per heavy atom. The van der Waals surface area contributed by atoms with Gasteiger partial charge in [-0.3, -0.25) is 4.79 Å². The number of nitrogens with zero attached hydrogens (tertiary/aromatic N) is 3. The molecule has 1 aromatic heterocycles. The lowest BCUT2D eigenvalue weighted by molar-refractivity contribution is -0.125. The Hall–Kier alpha value is -2.15. The number of hydrogen-bond acceptors (Lipinski definition) is 5. The van der Waals surface area contributed by atoms with Crippen LogP contribution in [0.15, 0.2) is 40.8 Å². The van der Waals surface area contributed by atoms with E-state index in [1.165, 1.54) is 6.33 Å². The van der Waals surface area contributed by atoms with E-state index in [0.717, 1.165) is 21.5 Å². The van der Waals surface area contributed by atoms with Gasteiger partial charge in [0.2, 0.25) is 5.95 Å². The van der Waals surface area contributed by atoms with Crippen LogP contribution in [0.25, 0.3) is 0 Å². The first-order valence-electron chi connectivity index (χ1n) is 8.15. The van der Waals surface area contributed by atoms with Gasteiger partial charge in [-0.2, -0.15) is 10.1 Å². The summed E-state index contributed by atoms with van der Waals surface area (Å²) in [5.41, 5.74) is 1.63. The summed E-state index contributed by atoms with van der Waals surface area (Å²) in [6, 6.07) is 5.53. The van der Waals surface area contributed by atoms with Gasteiger partial charge in [-0.25, -0.2) is 4.68 Å². The molecular weight excluding hydrogens is 384 g/mol. The molecule has 0 radical (unpaired) electrons. The third-order valence-corrected chi connectivity index (χ3v) is 5.27. The van der Waals surface area contributed by atoms with Crippen molar-refractivity contribution in [3.05, 3.63) is 46.3 Å². The molecule has 0 unspecified atom stereocenters. The molecular formula is C18H19BrN4O2. The average Bonchev–Trinajstić information content (AvgIpc) is 2.99. The molecule has 1 aliphatic carbocycles. The summed E-state index contributed by atoms with van der Waals surface area (Å²) in [6.07, 6.45) is 4.15. The number of nitrogens with one attached hydrogen (secondary N) is 1. The smallest absolute Gasteiger partial charge is 0.226 e. The zero-order valence-electron chi connectivity index (χ0n) is 14.3. The van der Waals surface area contributed by atoms with Crippen LogP contribution in [0.5, 0.6) is 5.75 Å². The fourth-order valence-electron chi connectivity index (χ4n) is 3.82. The first-order chi connectivity index (χ1) is 11.9. The van der Waals surface area contributed by atoms with E-state index < -0.39 is 0 Å². The van der Waals surface area contributed by atoms with Crippen LogP contribution >= 0.6 is 15.9 Å². The number of carbonyl (C=O) groups is 1. The number of methoxy groups -OCH3 is 1. The van der Waals surface area contributed by atoms with Gasteiger partial charge in [0.1, 0.15) is 17.9 Å². The molecule has 0 spiro atoms. The number of anilines is 1. The Kier molecular flexibility index (Phi) is 3.72. The lowest BCUT2D eigenvalue weighted by Crippen LogP contribution is -2.42. The maximum absolute atomic E-state index is 13.0. The Balaban J connectivity index is 1.95. The highest BCUT2D eigenvalue weighted by molar-refractivity contribution is 9.10. The summed E-state index contributed by atoms with van der Waals surface area (Å²) in [7, 11) is 1.64. The third-order valence-electron chi connectivity index (χ3n) is 4.78. The zero-order valence-corrected chi connectivity index (χ0v) is 15.9. The molecule has 0 fully saturated rings. The maximum Gasteiger partial charge on any atom is 0.226 e. The summed E-state index contributed by atoms with van der Waals surface area (Å²) in [5.74, 6) is 1.24. The number of halogens is 1. The van der Waals surface area contributed by atoms with Crippen molar-refractivity contribution in [1.82, 2.24) is 14.8 Å². The quantitative estimate of drug-likeness (QED) is 0.831. The van der Waals surface area contributed by atoms with E-state index in [4.69, 9.17) is 4.74 Å². The standard InChI is InChI=1S/C18H19BrN4O2/c1-18(2)7-12-15(13(24)8-18)16(23-17(22-12)20-9-21-23)11-6-10(19)4-5-14(11)25-3/h4-7,9,15-16H,8H2,1-3H3,(H,20,21,22)/t15-,16-/m1/s1. The highest BCUT2D eigenvalue weighted by atomic mass is 79.9. The van der Waals surface area contributed by atoms with Gasteiger partial charge in [0, 0.05) is 22.2 Å². The molecule has 0 amide bonds. The summed E-state index contributed by atoms with van der Waals surface area (Å²) in [5, 5.41) is 7.67. The Bertz CT molecular complexity index is 887. The van der Waals surface area contributed by atoms with E-state index in [-0.39, 0.29) is 23.2 Å². The summed E-state index contributed by atoms with van der Waals surface area (Å²) >= 11 is 3.53. The van der Waals surface area contributed by atoms with Crippen LogP contribution in [0.4, 0.5) is 5.95 Å². The molecule has 2 atom stereocenters. The van der Waals surface area contributed by atoms with Crippen LogP contribution < -0.4 is 10.1 Å². The molecule has 25 heavy (non-hydrogen) atoms. The molecule has 1 aromatic carbocycles. The van der Waals surface area contributed by atoms with E-state index in [1.807, 2.05) is 18.2 Å². The van der Waals surface area contributed by atoms with Crippen molar-refractivity contribution in [2.45, 2.75) is 26.3 Å². The van der Waals surface area contributed by atoms with Crippen molar-refractivity contribution in [2.75, 3.05) is 12.4 Å². The number of benzene rings is 1. The Morgan fingerprint density at radius 3 is 2.96 bits per heavy atom. The van der Waals surface area contributed by atoms with Crippen LogP contribution in [0.2, 0.25) is 0 Å². The minimum absolute atomic E-state index is 0.177. The highest BCUT2D eigenvalue weighted by Crippen LogP contribution is 2.47. The van der Waals surface area contributed by atoms with E-state index in [9.17, 15) is 4.79 Å². The number of hydrogen-bond donors (Lipinski definition) is 1. The van der Waals surface area contributed by atoms with Gasteiger partial charge in [-0.15, -0.1) is 0 Å². The molecule has 7 heteroatoms. The van der Waals surface area contributed by atoms with E-state index in [0.29, 0.717) is 12.4 Å². The van der Waals surface area contributed by atoms with Crippen molar-refractivity contribution < 1.29 is 9.53 Å². The molecule has 130 valence electrons. The van der Waals surface area contributed by atoms with Crippen molar-refractivity contribution >= 4 is 27.7 Å². The van der Waals surface area contributed by atoms with E-state index >= 15 is 0 Å². The Morgan fingerprint density at radius 1 is 1.40 bits per heavy atom. The van der Waals surface area contributed by atoms with E-state index in [2.05, 4.69) is 51.3 Å². The summed E-state index contributed by atoms with van der Waals surface area (Å²) < 4.78 is 8.28. The topological polar surface area (TPSA) is 69.0 Å². The van der Waals surface area contributed by atoms with Gasteiger partial charge in [-0.1, -0.05) is 35.9 Å². The number of rotatable bonds is 2. The predicted molar refractivity (Wildman–Crippen MR) is 97.5 cm³/mol. The fraction of sp³-hybridized carbons (Fsp3) is 0.389. The number of ketones is 1. The minimum atomic E-state index is -0.328. The number of Topliss-reactive ketones (excluding diaryl/α,β-unsaturated/α-hetero) is 1. The van der Waals surface area contributed by atoms with Gasteiger partial charge in [0.25, 0.3) is 0 Å². The van der Waals surface area contributed by atoms with Crippen LogP contribution in [0.1, 0.15) is 31.9 Å². The van der Waals surface area contributed by atoms with Crippen LogP contribution in [0.3, 0.4) is 0 Å². The molecule has 2 aliphatic rings. The maximum atomic E-state index is 13.0. The molecule has 0 saturated carbocycles. The third kappa shape index (κ3) is 2.66. The number of aromatic nitrogens is 3. The second kappa shape index (κ2) is 5.69. The van der Waals surface area contributed by atoms with Gasteiger partial charge in [0.05, 0.1) is 19.1 Å². The number of carbonyl (C=O) groups excluding carboxylic acids is 1. The molecule has 6 nitrogen and oxygen atoms in total. The van der Waals surface area contributed by atoms with Gasteiger partial charge in [0.15, 0.2) is 0 Å². The second-order valence-corrected chi connectivity index (χ2v) is 8.11. The average molecular weight is 403 g/mol. The molecule has 1 N–H and O–H groups in total. The van der Waals surface area contributed by atoms with Crippen molar-refractivity contribution in [3.8, 4) is 5.75 Å². The van der Waals surface area contributed by atoms with Crippen LogP contribution in [-0.2, 0) is 4.79 Å². The number of fused-ring (bicyclic) bond motifs is 2. The van der Waals surface area contributed by atoms with Gasteiger partial charge >= 0.3 is 0 Å². The molecule has 0 saturated heterocycles. The second-order valence-electron chi connectivity index (χ2n) is 7.19. The normalized spacial score (nSPS) is 24.0. The predicted octanol–water partition coefficient (Wildman–Crippen LogP) is 3.56. The van der Waals surface area contributed by atoms with Crippen LogP contribution in [0, 0.1) is 11.3 Å².